The van der Waals surface area contributed by atoms with Crippen LogP contribution in [-0.4, -0.2) is 122 Å². The lowest BCUT2D eigenvalue weighted by molar-refractivity contribution is -0.751. The smallest absolute Gasteiger partial charge is 0.268 e. The van der Waals surface area contributed by atoms with Crippen LogP contribution in [0, 0.1) is 22.4 Å². The number of anilines is 2. The van der Waals surface area contributed by atoms with Gasteiger partial charge < -0.3 is 49.5 Å². The van der Waals surface area contributed by atoms with Crippen LogP contribution >= 0.6 is 0 Å². The highest BCUT2D eigenvalue weighted by molar-refractivity contribution is 7.90. The molecule has 18 nitrogen and oxygen atoms in total. The fraction of sp³-hybridized carbons (Fsp3) is 0.500. The van der Waals surface area contributed by atoms with E-state index in [1.54, 1.807) is 26.2 Å². The minimum absolute atomic E-state index is 0.00386. The number of hydroxylamine groups is 1. The number of H-pyrrole nitrogens is 1. The van der Waals surface area contributed by atoms with Crippen molar-refractivity contribution < 1.29 is 46.7 Å². The first kappa shape index (κ1) is 57.3. The Morgan fingerprint density at radius 2 is 1.72 bits per heavy atom. The van der Waals surface area contributed by atoms with Crippen molar-refractivity contribution >= 4 is 44.2 Å². The predicted molar refractivity (Wildman–Crippen MR) is 312 cm³/mol. The SMILES string of the molecule is CCOc1nc2[nH]cc(F)c2cc1Oc1cc(N2CCC3(CC2)CC(N2CCN(Cc4ccc(OC5CC5)c(OC)c4)C[C@H]2c2ccccc2C(C)C)C3)ccc1C(=O)NS(=O)(=O)c1cnc(NC[C@H]2CC[C@](C)(O)CC2)c([NH+](C)[O-])c1. The molecular weight excluding hydrogens is 1070 g/mol. The molecule has 2 atom stereocenters. The van der Waals surface area contributed by atoms with E-state index in [1.165, 1.54) is 48.1 Å². The summed E-state index contributed by atoms with van der Waals surface area (Å²) < 4.78 is 69.7. The quantitative estimate of drug-likeness (QED) is 0.0451. The summed E-state index contributed by atoms with van der Waals surface area (Å²) in [6, 6.07) is 23.7. The number of amides is 1. The van der Waals surface area contributed by atoms with E-state index in [2.05, 4.69) is 96.0 Å². The van der Waals surface area contributed by atoms with Crippen molar-refractivity contribution in [3.8, 4) is 28.9 Å². The van der Waals surface area contributed by atoms with Gasteiger partial charge in [0.25, 0.3) is 21.8 Å². The molecule has 82 heavy (non-hydrogen) atoms. The Morgan fingerprint density at radius 3 is 2.44 bits per heavy atom. The van der Waals surface area contributed by atoms with Crippen molar-refractivity contribution in [2.45, 2.75) is 133 Å². The molecule has 1 amide bonds. The van der Waals surface area contributed by atoms with Crippen LogP contribution in [0.3, 0.4) is 0 Å². The summed E-state index contributed by atoms with van der Waals surface area (Å²) in [5.41, 5.74) is 4.43. The summed E-state index contributed by atoms with van der Waals surface area (Å²) in [5.74, 6) is 0.979. The Hall–Kier alpha value is -6.55. The number of methoxy groups -OCH3 is 1. The van der Waals surface area contributed by atoms with Gasteiger partial charge in [0.05, 0.1) is 49.6 Å². The normalized spacial score (nSPS) is 22.0. The Kier molecular flexibility index (Phi) is 16.5. The first-order chi connectivity index (χ1) is 39.4. The minimum atomic E-state index is -4.60. The maximum absolute atomic E-state index is 15.1. The second-order valence-electron chi connectivity index (χ2n) is 24.0. The zero-order chi connectivity index (χ0) is 57.5. The maximum atomic E-state index is 15.1. The molecule has 3 aromatic heterocycles. The number of carbonyl (C=O) groups is 1. The van der Waals surface area contributed by atoms with Gasteiger partial charge in [0, 0.05) is 88.0 Å². The lowest BCUT2D eigenvalue weighted by Gasteiger charge is -2.58. The number of halogens is 1. The van der Waals surface area contributed by atoms with E-state index in [4.69, 9.17) is 18.9 Å². The average molecular weight is 1140 g/mol. The number of aliphatic hydroxyl groups is 1. The number of rotatable bonds is 20. The monoisotopic (exact) mass is 1140 g/mol. The number of aromatic amines is 1. The molecule has 5 aliphatic rings. The number of quaternary nitrogens is 1. The van der Waals surface area contributed by atoms with E-state index in [0.717, 1.165) is 114 Å². The van der Waals surface area contributed by atoms with Gasteiger partial charge in [-0.3, -0.25) is 14.6 Å². The molecule has 1 unspecified atom stereocenters. The summed E-state index contributed by atoms with van der Waals surface area (Å²) >= 11 is 0. The molecular formula is C62H78FN9O9S. The van der Waals surface area contributed by atoms with Gasteiger partial charge in [0.1, 0.15) is 22.1 Å². The summed E-state index contributed by atoms with van der Waals surface area (Å²) in [6.07, 6.45) is 11.8. The molecule has 1 spiro atoms. The summed E-state index contributed by atoms with van der Waals surface area (Å²) in [7, 11) is -1.56. The molecule has 20 heteroatoms. The van der Waals surface area contributed by atoms with Gasteiger partial charge in [-0.05, 0) is 136 Å². The molecule has 0 radical (unpaired) electrons. The van der Waals surface area contributed by atoms with E-state index < -0.39 is 32.4 Å². The zero-order valence-corrected chi connectivity index (χ0v) is 48.7. The number of ether oxygens (including phenoxy) is 4. The molecule has 3 saturated carbocycles. The first-order valence-corrected chi connectivity index (χ1v) is 30.7. The van der Waals surface area contributed by atoms with Gasteiger partial charge in [0.2, 0.25) is 0 Å². The van der Waals surface area contributed by atoms with E-state index >= 15 is 4.39 Å². The van der Waals surface area contributed by atoms with Gasteiger partial charge in [-0.25, -0.2) is 22.5 Å². The largest absolute Gasteiger partial charge is 0.629 e. The summed E-state index contributed by atoms with van der Waals surface area (Å²) in [6.45, 7) is 14.0. The third-order valence-corrected chi connectivity index (χ3v) is 19.0. The van der Waals surface area contributed by atoms with Crippen LogP contribution in [0.1, 0.15) is 131 Å². The third-order valence-electron chi connectivity index (χ3n) is 17.7. The van der Waals surface area contributed by atoms with Crippen molar-refractivity contribution in [2.75, 3.05) is 70.2 Å². The predicted octanol–water partition coefficient (Wildman–Crippen LogP) is 9.39. The number of carbonyl (C=O) groups excluding carboxylic acids is 1. The van der Waals surface area contributed by atoms with Gasteiger partial charge in [0.15, 0.2) is 28.8 Å². The number of hydrogen-bond donors (Lipinski definition) is 5. The highest BCUT2D eigenvalue weighted by Crippen LogP contribution is 2.54. The number of nitrogens with one attached hydrogen (secondary N) is 4. The average Bonchev–Trinajstić information content (AvgIpc) is 3.94. The number of aromatic nitrogens is 3. The lowest BCUT2D eigenvalue weighted by Crippen LogP contribution is -2.98. The van der Waals surface area contributed by atoms with Crippen LogP contribution in [-0.2, 0) is 16.6 Å². The molecule has 3 aliphatic carbocycles. The number of nitrogens with zero attached hydrogens (tertiary/aromatic N) is 5. The number of pyridine rings is 2. The van der Waals surface area contributed by atoms with Crippen molar-refractivity contribution in [2.24, 2.45) is 11.3 Å². The summed E-state index contributed by atoms with van der Waals surface area (Å²) in [5, 5.41) is 26.3. The molecule has 5 heterocycles. The van der Waals surface area contributed by atoms with Gasteiger partial charge in [-0.2, -0.15) is 4.98 Å². The Bertz CT molecular complexity index is 3380. The van der Waals surface area contributed by atoms with Crippen LogP contribution in [0.15, 0.2) is 90.1 Å². The third kappa shape index (κ3) is 12.5. The van der Waals surface area contributed by atoms with Crippen LogP contribution in [0.5, 0.6) is 28.9 Å². The molecule has 5 N–H and O–H groups in total. The molecule has 0 bridgehead atoms. The molecule has 3 aromatic carbocycles. The zero-order valence-electron chi connectivity index (χ0n) is 47.9. The highest BCUT2D eigenvalue weighted by atomic mass is 32.2. The number of piperazine rings is 1. The van der Waals surface area contributed by atoms with Crippen molar-refractivity contribution in [3.05, 3.63) is 118 Å². The van der Waals surface area contributed by atoms with E-state index in [0.29, 0.717) is 37.5 Å². The minimum Gasteiger partial charge on any atom is -0.629 e. The molecule has 2 saturated heterocycles. The van der Waals surface area contributed by atoms with E-state index in [-0.39, 0.29) is 74.4 Å². The van der Waals surface area contributed by atoms with Crippen molar-refractivity contribution in [1.29, 1.82) is 0 Å². The van der Waals surface area contributed by atoms with Crippen molar-refractivity contribution in [3.63, 3.8) is 0 Å². The topological polar surface area (TPSA) is 211 Å². The van der Waals surface area contributed by atoms with Crippen LogP contribution < -0.4 is 38.9 Å². The van der Waals surface area contributed by atoms with Gasteiger partial charge in [-0.15, -0.1) is 0 Å². The van der Waals surface area contributed by atoms with Crippen molar-refractivity contribution in [1.82, 2.24) is 29.5 Å². The lowest BCUT2D eigenvalue weighted by atomic mass is 9.59. The summed E-state index contributed by atoms with van der Waals surface area (Å²) in [4.78, 5) is 33.3. The number of benzene rings is 3. The fourth-order valence-corrected chi connectivity index (χ4v) is 13.7. The Morgan fingerprint density at radius 1 is 0.951 bits per heavy atom. The Labute approximate surface area is 480 Å². The molecule has 438 valence electrons. The molecule has 11 rings (SSSR count). The highest BCUT2D eigenvalue weighted by Gasteiger charge is 2.50. The number of hydrogen-bond acceptors (Lipinski definition) is 15. The number of piperidine rings is 1. The van der Waals surface area contributed by atoms with Gasteiger partial charge >= 0.3 is 0 Å². The maximum Gasteiger partial charge on any atom is 0.268 e. The molecule has 6 aromatic rings. The van der Waals surface area contributed by atoms with E-state index in [9.17, 15) is 23.5 Å². The number of sulfonamides is 1. The molecule has 5 fully saturated rings. The van der Waals surface area contributed by atoms with Gasteiger partial charge in [-0.1, -0.05) is 44.2 Å². The first-order valence-electron chi connectivity index (χ1n) is 29.2. The second-order valence-corrected chi connectivity index (χ2v) is 25.7. The second kappa shape index (κ2) is 23.6. The standard InChI is InChI=1S/C62H78FN9O9S/c1-7-79-60-56(31-49-50(63)36-66-57(49)67-60)81-54-29-42(13-16-48(54)59(73)68-82(76,77)45-30-51(69(5)75)58(65-35-45)64-34-40-18-20-61(4,74)21-19-40)71-24-22-62(23-25-71)32-43(33-62)72-27-26-70(38-52(72)47-11-9-8-10-46(47)39(2)3)37-41-12-17-53(55(28-41)78-6)80-44-14-15-44/h8-13,16-17,28-31,35-36,39-40,43-44,52,69,74H,7,14-15,18-27,32-34,37-38H2,1-6H3,(H,64,65)(H,66,67)(H,68,73)/t40-,52-,61-/m0/s1. The van der Waals surface area contributed by atoms with Crippen LogP contribution in [0.25, 0.3) is 11.0 Å². The van der Waals surface area contributed by atoms with E-state index in [1.807, 2.05) is 6.92 Å². The van der Waals surface area contributed by atoms with Crippen LogP contribution in [0.4, 0.5) is 21.6 Å². The molecule has 2 aliphatic heterocycles. The Balaban J connectivity index is 0.800. The number of fused-ring (bicyclic) bond motifs is 1. The fourth-order valence-electron chi connectivity index (χ4n) is 12.8. The van der Waals surface area contributed by atoms with Crippen LogP contribution in [0.2, 0.25) is 0 Å².